The van der Waals surface area contributed by atoms with Gasteiger partial charge in [-0.1, -0.05) is 12.1 Å². The maximum atomic E-state index is 12.8. The molecule has 1 saturated carbocycles. The van der Waals surface area contributed by atoms with Crippen molar-refractivity contribution in [1.82, 2.24) is 4.90 Å². The molecule has 0 bridgehead atoms. The van der Waals surface area contributed by atoms with Gasteiger partial charge in [-0.2, -0.15) is 0 Å². The van der Waals surface area contributed by atoms with Crippen LogP contribution in [-0.4, -0.2) is 42.3 Å². The van der Waals surface area contributed by atoms with Crippen LogP contribution in [0.5, 0.6) is 5.75 Å². The number of ether oxygens (including phenoxy) is 2. The zero-order chi connectivity index (χ0) is 18.4. The molecule has 138 valence electrons. The summed E-state index contributed by atoms with van der Waals surface area (Å²) in [7, 11) is 1.66. The number of hydrogen-bond acceptors (Lipinski definition) is 4. The third-order valence-electron chi connectivity index (χ3n) is 5.21. The molecule has 1 aromatic carbocycles. The van der Waals surface area contributed by atoms with Gasteiger partial charge in [-0.25, -0.2) is 4.79 Å². The van der Waals surface area contributed by atoms with Crippen LogP contribution in [0, 0.1) is 5.41 Å². The summed E-state index contributed by atoms with van der Waals surface area (Å²) in [6.07, 6.45) is 2.55. The highest BCUT2D eigenvalue weighted by molar-refractivity contribution is 9.10. The van der Waals surface area contributed by atoms with Crippen LogP contribution in [0.1, 0.15) is 39.2 Å². The fraction of sp³-hybridized carbons (Fsp3) is 0.632. The van der Waals surface area contributed by atoms with Gasteiger partial charge in [0.2, 0.25) is 0 Å². The number of amides is 1. The Morgan fingerprint density at radius 2 is 2.08 bits per heavy atom. The van der Waals surface area contributed by atoms with E-state index in [4.69, 9.17) is 15.2 Å². The highest BCUT2D eigenvalue weighted by atomic mass is 79.9. The average Bonchev–Trinajstić information content (AvgIpc) is 3.24. The van der Waals surface area contributed by atoms with Crippen molar-refractivity contribution < 1.29 is 14.3 Å². The molecule has 1 aliphatic heterocycles. The second-order valence-electron chi connectivity index (χ2n) is 8.20. The first kappa shape index (κ1) is 18.5. The summed E-state index contributed by atoms with van der Waals surface area (Å²) in [5.74, 6) is 0.801. The Bertz CT molecular complexity index is 667. The van der Waals surface area contributed by atoms with E-state index in [1.165, 1.54) is 0 Å². The van der Waals surface area contributed by atoms with E-state index in [0.29, 0.717) is 13.0 Å². The predicted molar refractivity (Wildman–Crippen MR) is 101 cm³/mol. The molecule has 1 heterocycles. The summed E-state index contributed by atoms with van der Waals surface area (Å²) in [5, 5.41) is 0. The molecule has 2 fully saturated rings. The lowest BCUT2D eigenvalue weighted by atomic mass is 9.92. The molecule has 2 aliphatic rings. The molecule has 2 atom stereocenters. The summed E-state index contributed by atoms with van der Waals surface area (Å²) in [5.41, 5.74) is 7.19. The van der Waals surface area contributed by atoms with Crippen LogP contribution in [-0.2, 0) is 11.2 Å². The number of benzene rings is 1. The minimum atomic E-state index is -0.515. The molecular weight excluding hydrogens is 384 g/mol. The Balaban J connectivity index is 1.86. The Kier molecular flexibility index (Phi) is 4.79. The molecule has 6 heteroatoms. The molecular formula is C19H27BrN2O3. The number of methoxy groups -OCH3 is 1. The molecule has 1 aliphatic carbocycles. The second kappa shape index (κ2) is 6.47. The third kappa shape index (κ3) is 3.65. The summed E-state index contributed by atoms with van der Waals surface area (Å²) < 4.78 is 12.1. The van der Waals surface area contributed by atoms with Crippen molar-refractivity contribution in [3.8, 4) is 5.75 Å². The van der Waals surface area contributed by atoms with E-state index in [1.807, 2.05) is 43.9 Å². The van der Waals surface area contributed by atoms with Crippen molar-refractivity contribution in [2.75, 3.05) is 13.7 Å². The van der Waals surface area contributed by atoms with Gasteiger partial charge in [-0.3, -0.25) is 0 Å². The molecule has 1 spiro atoms. The number of hydrogen-bond donors (Lipinski definition) is 1. The summed E-state index contributed by atoms with van der Waals surface area (Å²) >= 11 is 3.53. The molecule has 1 amide bonds. The zero-order valence-corrected chi connectivity index (χ0v) is 16.9. The highest BCUT2D eigenvalue weighted by Gasteiger charge is 2.59. The van der Waals surface area contributed by atoms with Gasteiger partial charge in [0.05, 0.1) is 17.6 Å². The molecule has 0 radical (unpaired) electrons. The van der Waals surface area contributed by atoms with E-state index < -0.39 is 5.60 Å². The van der Waals surface area contributed by atoms with Gasteiger partial charge < -0.3 is 20.1 Å². The van der Waals surface area contributed by atoms with Gasteiger partial charge >= 0.3 is 6.09 Å². The van der Waals surface area contributed by atoms with Crippen LogP contribution in [0.3, 0.4) is 0 Å². The van der Waals surface area contributed by atoms with Gasteiger partial charge in [0.15, 0.2) is 0 Å². The van der Waals surface area contributed by atoms with Crippen molar-refractivity contribution in [3.05, 3.63) is 28.2 Å². The molecule has 25 heavy (non-hydrogen) atoms. The van der Waals surface area contributed by atoms with Crippen molar-refractivity contribution in [1.29, 1.82) is 0 Å². The number of carbonyl (C=O) groups excluding carboxylic acids is 1. The molecule has 2 N–H and O–H groups in total. The van der Waals surface area contributed by atoms with Crippen molar-refractivity contribution in [3.63, 3.8) is 0 Å². The number of nitrogens with two attached hydrogens (primary N) is 1. The maximum absolute atomic E-state index is 12.8. The Morgan fingerprint density at radius 1 is 1.40 bits per heavy atom. The van der Waals surface area contributed by atoms with Crippen LogP contribution in [0.4, 0.5) is 4.79 Å². The van der Waals surface area contributed by atoms with Crippen LogP contribution in [0.25, 0.3) is 0 Å². The van der Waals surface area contributed by atoms with Gasteiger partial charge in [-0.05, 0) is 67.6 Å². The van der Waals surface area contributed by atoms with E-state index in [-0.39, 0.29) is 23.6 Å². The smallest absolute Gasteiger partial charge is 0.410 e. The van der Waals surface area contributed by atoms with Gasteiger partial charge in [0.1, 0.15) is 11.4 Å². The molecule has 1 aromatic rings. The zero-order valence-electron chi connectivity index (χ0n) is 15.3. The molecule has 2 unspecified atom stereocenters. The van der Waals surface area contributed by atoms with Crippen molar-refractivity contribution in [2.24, 2.45) is 11.1 Å². The topological polar surface area (TPSA) is 64.8 Å². The normalized spacial score (nSPS) is 24.5. The maximum Gasteiger partial charge on any atom is 0.410 e. The van der Waals surface area contributed by atoms with Gasteiger partial charge in [0, 0.05) is 18.0 Å². The van der Waals surface area contributed by atoms with E-state index in [9.17, 15) is 4.79 Å². The number of para-hydroxylation sites is 1. The number of likely N-dealkylation sites (tertiary alicyclic amines) is 1. The summed E-state index contributed by atoms with van der Waals surface area (Å²) in [6.45, 7) is 6.35. The first-order chi connectivity index (χ1) is 11.7. The largest absolute Gasteiger partial charge is 0.495 e. The minimum Gasteiger partial charge on any atom is -0.495 e. The standard InChI is InChI=1S/C19H27BrN2O3/c1-18(2,3)25-17(23)22-11-19(8-9-19)16(21)14(22)10-12-6-5-7-13(20)15(12)24-4/h5-7,14,16H,8-11,21H2,1-4H3. The van der Waals surface area contributed by atoms with Gasteiger partial charge in [0.25, 0.3) is 0 Å². The monoisotopic (exact) mass is 410 g/mol. The summed E-state index contributed by atoms with van der Waals surface area (Å²) in [6, 6.07) is 5.84. The highest BCUT2D eigenvalue weighted by Crippen LogP contribution is 2.54. The fourth-order valence-corrected chi connectivity index (χ4v) is 4.31. The predicted octanol–water partition coefficient (Wildman–Crippen LogP) is 3.73. The fourth-order valence-electron chi connectivity index (χ4n) is 3.74. The van der Waals surface area contributed by atoms with Crippen molar-refractivity contribution >= 4 is 22.0 Å². The van der Waals surface area contributed by atoms with E-state index in [0.717, 1.165) is 28.6 Å². The molecule has 1 saturated heterocycles. The number of halogens is 1. The van der Waals surface area contributed by atoms with Crippen LogP contribution < -0.4 is 10.5 Å². The van der Waals surface area contributed by atoms with E-state index >= 15 is 0 Å². The van der Waals surface area contributed by atoms with Gasteiger partial charge in [-0.15, -0.1) is 0 Å². The lowest BCUT2D eigenvalue weighted by Crippen LogP contribution is -2.46. The summed E-state index contributed by atoms with van der Waals surface area (Å²) in [4.78, 5) is 14.6. The van der Waals surface area contributed by atoms with Crippen LogP contribution in [0.15, 0.2) is 22.7 Å². The molecule has 5 nitrogen and oxygen atoms in total. The third-order valence-corrected chi connectivity index (χ3v) is 5.83. The SMILES string of the molecule is COc1c(Br)cccc1CC1C(N)C2(CC2)CN1C(=O)OC(C)(C)C. The second-order valence-corrected chi connectivity index (χ2v) is 9.05. The number of rotatable bonds is 3. The Hall–Kier alpha value is -1.27. The Labute approximate surface area is 158 Å². The van der Waals surface area contributed by atoms with Crippen molar-refractivity contribution in [2.45, 2.75) is 57.7 Å². The minimum absolute atomic E-state index is 0.0382. The number of nitrogens with zero attached hydrogens (tertiary/aromatic N) is 1. The molecule has 0 aromatic heterocycles. The Morgan fingerprint density at radius 3 is 2.64 bits per heavy atom. The van der Waals surface area contributed by atoms with E-state index in [2.05, 4.69) is 15.9 Å². The van der Waals surface area contributed by atoms with Crippen LogP contribution >= 0.6 is 15.9 Å². The quantitative estimate of drug-likeness (QED) is 0.824. The molecule has 3 rings (SSSR count). The lowest BCUT2D eigenvalue weighted by Gasteiger charge is -2.30. The first-order valence-corrected chi connectivity index (χ1v) is 9.53. The van der Waals surface area contributed by atoms with E-state index in [1.54, 1.807) is 7.11 Å². The number of carbonyl (C=O) groups is 1. The average molecular weight is 411 g/mol. The lowest BCUT2D eigenvalue weighted by molar-refractivity contribution is 0.0215. The first-order valence-electron chi connectivity index (χ1n) is 8.73. The van der Waals surface area contributed by atoms with Crippen LogP contribution in [0.2, 0.25) is 0 Å².